The predicted octanol–water partition coefficient (Wildman–Crippen LogP) is 2.72. The van der Waals surface area contributed by atoms with Crippen LogP contribution < -0.4 is 5.32 Å². The summed E-state index contributed by atoms with van der Waals surface area (Å²) in [6.07, 6.45) is 2.57. The molecule has 0 aromatic heterocycles. The number of methoxy groups -OCH3 is 1. The van der Waals surface area contributed by atoms with Crippen LogP contribution in [0.4, 0.5) is 0 Å². The van der Waals surface area contributed by atoms with Gasteiger partial charge in [-0.25, -0.2) is 0 Å². The Balaban J connectivity index is 2.04. The van der Waals surface area contributed by atoms with Gasteiger partial charge in [-0.2, -0.15) is 0 Å². The lowest BCUT2D eigenvalue weighted by Gasteiger charge is -2.28. The lowest BCUT2D eigenvalue weighted by Crippen LogP contribution is -2.44. The number of ether oxygens (including phenoxy) is 1. The molecule has 2 rings (SSSR count). The molecule has 1 saturated carbocycles. The van der Waals surface area contributed by atoms with Crippen LogP contribution in [0.2, 0.25) is 0 Å². The van der Waals surface area contributed by atoms with Gasteiger partial charge < -0.3 is 10.1 Å². The lowest BCUT2D eigenvalue weighted by molar-refractivity contribution is -0.142. The van der Waals surface area contributed by atoms with Gasteiger partial charge in [0.25, 0.3) is 0 Å². The average Bonchev–Trinajstić information content (AvgIpc) is 3.24. The van der Waals surface area contributed by atoms with Crippen molar-refractivity contribution in [1.29, 1.82) is 0 Å². The lowest BCUT2D eigenvalue weighted by atomic mass is 9.94. The van der Waals surface area contributed by atoms with Crippen LogP contribution in [0.5, 0.6) is 0 Å². The highest BCUT2D eigenvalue weighted by molar-refractivity contribution is 5.78. The minimum absolute atomic E-state index is 0.0983. The van der Waals surface area contributed by atoms with Gasteiger partial charge in [0.15, 0.2) is 0 Å². The van der Waals surface area contributed by atoms with E-state index in [0.717, 1.165) is 11.5 Å². The molecule has 0 radical (unpaired) electrons. The highest BCUT2D eigenvalue weighted by Gasteiger charge is 2.38. The first-order valence-electron chi connectivity index (χ1n) is 6.92. The highest BCUT2D eigenvalue weighted by Crippen LogP contribution is 2.39. The third-order valence-electron chi connectivity index (χ3n) is 4.05. The van der Waals surface area contributed by atoms with Crippen molar-refractivity contribution >= 4 is 5.97 Å². The first-order chi connectivity index (χ1) is 9.04. The first kappa shape index (κ1) is 14.1. The zero-order chi connectivity index (χ0) is 13.9. The van der Waals surface area contributed by atoms with Crippen molar-refractivity contribution < 1.29 is 9.53 Å². The summed E-state index contributed by atoms with van der Waals surface area (Å²) in [4.78, 5) is 12.0. The first-order valence-corrected chi connectivity index (χ1v) is 6.92. The molecule has 1 aromatic carbocycles. The Bertz CT molecular complexity index is 424. The molecule has 1 fully saturated rings. The molecule has 104 valence electrons. The molecular weight excluding hydrogens is 238 g/mol. The Morgan fingerprint density at radius 1 is 1.37 bits per heavy atom. The van der Waals surface area contributed by atoms with Crippen molar-refractivity contribution in [3.8, 4) is 0 Å². The van der Waals surface area contributed by atoms with Gasteiger partial charge in [-0.3, -0.25) is 4.79 Å². The molecule has 19 heavy (non-hydrogen) atoms. The van der Waals surface area contributed by atoms with Crippen LogP contribution in [0.25, 0.3) is 0 Å². The number of rotatable bonds is 6. The second-order valence-electron chi connectivity index (χ2n) is 5.86. The van der Waals surface area contributed by atoms with Gasteiger partial charge in [-0.15, -0.1) is 0 Å². The summed E-state index contributed by atoms with van der Waals surface area (Å²) in [6.45, 7) is 5.05. The number of carbonyl (C=O) groups excluding carboxylic acids is 1. The number of carbonyl (C=O) groups is 1. The third kappa shape index (κ3) is 3.57. The summed E-state index contributed by atoms with van der Waals surface area (Å²) in [5, 5.41) is 3.53. The number of benzene rings is 1. The van der Waals surface area contributed by atoms with Crippen molar-refractivity contribution in [1.82, 2.24) is 5.32 Å². The monoisotopic (exact) mass is 261 g/mol. The molecule has 3 heteroatoms. The van der Waals surface area contributed by atoms with E-state index in [1.165, 1.54) is 20.0 Å². The molecule has 0 amide bonds. The van der Waals surface area contributed by atoms with E-state index in [-0.39, 0.29) is 17.4 Å². The third-order valence-corrected chi connectivity index (χ3v) is 4.05. The maximum absolute atomic E-state index is 12.0. The van der Waals surface area contributed by atoms with Gasteiger partial charge in [0.2, 0.25) is 0 Å². The standard InChI is InChI=1S/C16H23NO2/c1-16(2,13-9-10-13)17-11-14(15(18)19-3)12-7-5-4-6-8-12/h4-8,13-14,17H,9-11H2,1-3H3. The molecule has 1 atom stereocenters. The molecule has 0 heterocycles. The Labute approximate surface area is 115 Å². The zero-order valence-corrected chi connectivity index (χ0v) is 12.0. The molecule has 1 aliphatic carbocycles. The van der Waals surface area contributed by atoms with Crippen molar-refractivity contribution in [3.05, 3.63) is 35.9 Å². The number of nitrogens with one attached hydrogen (secondary N) is 1. The molecule has 1 N–H and O–H groups in total. The van der Waals surface area contributed by atoms with Crippen LogP contribution in [0.3, 0.4) is 0 Å². The molecule has 0 saturated heterocycles. The van der Waals surface area contributed by atoms with E-state index >= 15 is 0 Å². The highest BCUT2D eigenvalue weighted by atomic mass is 16.5. The van der Waals surface area contributed by atoms with E-state index in [4.69, 9.17) is 4.74 Å². The van der Waals surface area contributed by atoms with Crippen LogP contribution in [-0.4, -0.2) is 25.2 Å². The van der Waals surface area contributed by atoms with Crippen LogP contribution in [-0.2, 0) is 9.53 Å². The summed E-state index contributed by atoms with van der Waals surface area (Å²) >= 11 is 0. The topological polar surface area (TPSA) is 38.3 Å². The van der Waals surface area contributed by atoms with Gasteiger partial charge in [-0.05, 0) is 38.2 Å². The average molecular weight is 261 g/mol. The molecule has 1 unspecified atom stereocenters. The van der Waals surface area contributed by atoms with E-state index < -0.39 is 0 Å². The number of hydrogen-bond acceptors (Lipinski definition) is 3. The summed E-state index contributed by atoms with van der Waals surface area (Å²) in [7, 11) is 1.45. The van der Waals surface area contributed by atoms with Gasteiger partial charge in [0.05, 0.1) is 13.0 Å². The minimum atomic E-state index is -0.232. The molecule has 1 aromatic rings. The van der Waals surface area contributed by atoms with Crippen molar-refractivity contribution in [2.45, 2.75) is 38.1 Å². The molecule has 1 aliphatic rings. The molecule has 0 aliphatic heterocycles. The number of hydrogen-bond donors (Lipinski definition) is 1. The van der Waals surface area contributed by atoms with Crippen LogP contribution in [0.1, 0.15) is 38.2 Å². The van der Waals surface area contributed by atoms with E-state index in [1.54, 1.807) is 0 Å². The summed E-state index contributed by atoms with van der Waals surface area (Å²) in [5.41, 5.74) is 1.11. The van der Waals surface area contributed by atoms with E-state index in [2.05, 4.69) is 19.2 Å². The maximum atomic E-state index is 12.0. The fraction of sp³-hybridized carbons (Fsp3) is 0.562. The van der Waals surface area contributed by atoms with Gasteiger partial charge >= 0.3 is 5.97 Å². The Morgan fingerprint density at radius 2 is 2.00 bits per heavy atom. The Hall–Kier alpha value is -1.35. The quantitative estimate of drug-likeness (QED) is 0.800. The second-order valence-corrected chi connectivity index (χ2v) is 5.86. The van der Waals surface area contributed by atoms with Crippen LogP contribution in [0.15, 0.2) is 30.3 Å². The largest absolute Gasteiger partial charge is 0.469 e. The van der Waals surface area contributed by atoms with Crippen molar-refractivity contribution in [3.63, 3.8) is 0 Å². The van der Waals surface area contributed by atoms with Crippen LogP contribution >= 0.6 is 0 Å². The van der Waals surface area contributed by atoms with E-state index in [9.17, 15) is 4.79 Å². The van der Waals surface area contributed by atoms with Gasteiger partial charge in [0.1, 0.15) is 0 Å². The molecule has 3 nitrogen and oxygen atoms in total. The normalized spacial score (nSPS) is 17.0. The summed E-state index contributed by atoms with van der Waals surface area (Å²) in [5.74, 6) is 0.330. The van der Waals surface area contributed by atoms with E-state index in [1.807, 2.05) is 30.3 Å². The fourth-order valence-electron chi connectivity index (χ4n) is 2.48. The second kappa shape index (κ2) is 5.74. The van der Waals surface area contributed by atoms with Crippen molar-refractivity contribution in [2.75, 3.05) is 13.7 Å². The van der Waals surface area contributed by atoms with Crippen LogP contribution in [0, 0.1) is 5.92 Å². The molecule has 0 bridgehead atoms. The smallest absolute Gasteiger partial charge is 0.314 e. The SMILES string of the molecule is COC(=O)C(CNC(C)(C)C1CC1)c1ccccc1. The zero-order valence-electron chi connectivity index (χ0n) is 12.0. The molecule has 0 spiro atoms. The number of esters is 1. The fourth-order valence-corrected chi connectivity index (χ4v) is 2.48. The van der Waals surface area contributed by atoms with Gasteiger partial charge in [0, 0.05) is 12.1 Å². The Kier molecular flexibility index (Phi) is 4.25. The maximum Gasteiger partial charge on any atom is 0.314 e. The minimum Gasteiger partial charge on any atom is -0.469 e. The van der Waals surface area contributed by atoms with Gasteiger partial charge in [-0.1, -0.05) is 30.3 Å². The Morgan fingerprint density at radius 3 is 2.53 bits per heavy atom. The van der Waals surface area contributed by atoms with E-state index in [0.29, 0.717) is 6.54 Å². The van der Waals surface area contributed by atoms with Crippen molar-refractivity contribution in [2.24, 2.45) is 5.92 Å². The predicted molar refractivity (Wildman–Crippen MR) is 76.0 cm³/mol. The summed E-state index contributed by atoms with van der Waals surface area (Å²) < 4.78 is 4.93. The molecular formula is C16H23NO2. The summed E-state index contributed by atoms with van der Waals surface area (Å²) in [6, 6.07) is 9.83.